The van der Waals surface area contributed by atoms with Crippen LogP contribution in [0, 0.1) is 0 Å². The van der Waals surface area contributed by atoms with E-state index in [4.69, 9.17) is 4.74 Å². The molecule has 1 amide bonds. The summed E-state index contributed by atoms with van der Waals surface area (Å²) in [6, 6.07) is 19.9. The number of methoxy groups -OCH3 is 1. The summed E-state index contributed by atoms with van der Waals surface area (Å²) in [5, 5.41) is 2.75. The highest BCUT2D eigenvalue weighted by Crippen LogP contribution is 2.25. The van der Waals surface area contributed by atoms with Crippen LogP contribution in [-0.2, 0) is 16.8 Å². The normalized spacial score (nSPS) is 11.2. The molecule has 0 bridgehead atoms. The lowest BCUT2D eigenvalue weighted by Gasteiger charge is -2.07. The van der Waals surface area contributed by atoms with Crippen molar-refractivity contribution in [2.75, 3.05) is 7.11 Å². The summed E-state index contributed by atoms with van der Waals surface area (Å²) in [5.41, 5.74) is 3.83. The number of nitrogens with zero attached hydrogens (tertiary/aromatic N) is 1. The number of aromatic nitrogens is 2. The van der Waals surface area contributed by atoms with E-state index in [2.05, 4.69) is 15.3 Å². The SMILES string of the molecule is COc1cccc(-c2cnc(-c3ccc(CNC(=O)c4ccc(S(=O)(=O)F)cc4)cc3)[nH]2)c1. The fraction of sp³-hybridized carbons (Fsp3) is 0.0833. The molecule has 0 saturated carbocycles. The molecule has 4 aromatic rings. The van der Waals surface area contributed by atoms with Gasteiger partial charge < -0.3 is 15.0 Å². The van der Waals surface area contributed by atoms with E-state index in [-0.39, 0.29) is 12.1 Å². The summed E-state index contributed by atoms with van der Waals surface area (Å²) in [5.74, 6) is 1.08. The highest BCUT2D eigenvalue weighted by Gasteiger charge is 2.13. The quantitative estimate of drug-likeness (QED) is 0.396. The van der Waals surface area contributed by atoms with Crippen molar-refractivity contribution in [1.82, 2.24) is 15.3 Å². The van der Waals surface area contributed by atoms with Gasteiger partial charge in [-0.25, -0.2) is 4.98 Å². The van der Waals surface area contributed by atoms with E-state index in [1.54, 1.807) is 13.3 Å². The number of ether oxygens (including phenoxy) is 1. The summed E-state index contributed by atoms with van der Waals surface area (Å²) >= 11 is 0. The molecule has 0 atom stereocenters. The predicted molar refractivity (Wildman–Crippen MR) is 122 cm³/mol. The van der Waals surface area contributed by atoms with Crippen molar-refractivity contribution >= 4 is 16.1 Å². The first kappa shape index (κ1) is 22.2. The van der Waals surface area contributed by atoms with Crippen molar-refractivity contribution in [3.8, 4) is 28.4 Å². The van der Waals surface area contributed by atoms with Crippen LogP contribution in [0.3, 0.4) is 0 Å². The summed E-state index contributed by atoms with van der Waals surface area (Å²) in [4.78, 5) is 19.5. The van der Waals surface area contributed by atoms with Gasteiger partial charge in [0.15, 0.2) is 0 Å². The minimum absolute atomic E-state index is 0.236. The molecule has 1 heterocycles. The molecule has 0 fully saturated rings. The van der Waals surface area contributed by atoms with Crippen molar-refractivity contribution in [3.63, 3.8) is 0 Å². The molecule has 3 aromatic carbocycles. The number of hydrogen-bond acceptors (Lipinski definition) is 5. The molecule has 0 aliphatic carbocycles. The number of H-pyrrole nitrogens is 1. The minimum Gasteiger partial charge on any atom is -0.497 e. The van der Waals surface area contributed by atoms with E-state index in [0.29, 0.717) is 5.82 Å². The van der Waals surface area contributed by atoms with E-state index in [0.717, 1.165) is 40.3 Å². The van der Waals surface area contributed by atoms with Crippen LogP contribution in [0.5, 0.6) is 5.75 Å². The molecule has 1 aromatic heterocycles. The van der Waals surface area contributed by atoms with Crippen LogP contribution in [0.15, 0.2) is 83.9 Å². The molecular weight excluding hydrogens is 445 g/mol. The van der Waals surface area contributed by atoms with Gasteiger partial charge in [0.1, 0.15) is 11.6 Å². The van der Waals surface area contributed by atoms with Crippen molar-refractivity contribution in [2.24, 2.45) is 0 Å². The monoisotopic (exact) mass is 465 g/mol. The molecule has 0 spiro atoms. The summed E-state index contributed by atoms with van der Waals surface area (Å²) < 4.78 is 40.0. The van der Waals surface area contributed by atoms with Crippen LogP contribution in [-0.4, -0.2) is 31.4 Å². The number of carbonyl (C=O) groups is 1. The highest BCUT2D eigenvalue weighted by molar-refractivity contribution is 7.86. The van der Waals surface area contributed by atoms with E-state index >= 15 is 0 Å². The fourth-order valence-electron chi connectivity index (χ4n) is 3.24. The average Bonchev–Trinajstić information content (AvgIpc) is 3.33. The summed E-state index contributed by atoms with van der Waals surface area (Å²) in [6.07, 6.45) is 1.76. The number of hydrogen-bond donors (Lipinski definition) is 2. The first-order valence-electron chi connectivity index (χ1n) is 9.95. The molecule has 33 heavy (non-hydrogen) atoms. The predicted octanol–water partition coefficient (Wildman–Crippen LogP) is 4.34. The van der Waals surface area contributed by atoms with Crippen LogP contribution in [0.25, 0.3) is 22.6 Å². The zero-order chi connectivity index (χ0) is 23.4. The largest absolute Gasteiger partial charge is 0.497 e. The molecule has 0 aliphatic heterocycles. The van der Waals surface area contributed by atoms with Crippen LogP contribution in [0.2, 0.25) is 0 Å². The zero-order valence-electron chi connectivity index (χ0n) is 17.6. The maximum atomic E-state index is 13.0. The van der Waals surface area contributed by atoms with Gasteiger partial charge in [-0.05, 0) is 42.0 Å². The van der Waals surface area contributed by atoms with Crippen LogP contribution >= 0.6 is 0 Å². The van der Waals surface area contributed by atoms with Crippen molar-refractivity contribution in [3.05, 3.63) is 90.1 Å². The van der Waals surface area contributed by atoms with Gasteiger partial charge in [0.2, 0.25) is 0 Å². The van der Waals surface area contributed by atoms with Gasteiger partial charge in [-0.2, -0.15) is 8.42 Å². The molecule has 0 saturated heterocycles. The third-order valence-corrected chi connectivity index (χ3v) is 5.87. The lowest BCUT2D eigenvalue weighted by molar-refractivity contribution is 0.0951. The smallest absolute Gasteiger partial charge is 0.332 e. The summed E-state index contributed by atoms with van der Waals surface area (Å²) in [6.45, 7) is 0.273. The third kappa shape index (κ3) is 5.27. The average molecular weight is 466 g/mol. The standard InChI is InChI=1S/C24H20FN3O4S/c1-32-20-4-2-3-19(13-20)22-15-26-23(28-22)17-7-5-16(6-8-17)14-27-24(29)18-9-11-21(12-10-18)33(25,30)31/h2-13,15H,14H2,1H3,(H,26,28)(H,27,29). The Labute approximate surface area is 190 Å². The Balaban J connectivity index is 1.39. The number of benzene rings is 3. The second-order valence-corrected chi connectivity index (χ2v) is 8.57. The molecule has 4 rings (SSSR count). The topological polar surface area (TPSA) is 101 Å². The maximum Gasteiger partial charge on any atom is 0.332 e. The Morgan fingerprint density at radius 1 is 1.03 bits per heavy atom. The number of nitrogens with one attached hydrogen (secondary N) is 2. The molecule has 0 radical (unpaired) electrons. The molecule has 2 N–H and O–H groups in total. The van der Waals surface area contributed by atoms with Crippen LogP contribution in [0.4, 0.5) is 3.89 Å². The van der Waals surface area contributed by atoms with Gasteiger partial charge in [-0.1, -0.05) is 36.4 Å². The maximum absolute atomic E-state index is 13.0. The molecule has 9 heteroatoms. The number of rotatable bonds is 7. The lowest BCUT2D eigenvalue weighted by atomic mass is 10.1. The Bertz CT molecular complexity index is 1380. The van der Waals surface area contributed by atoms with Crippen LogP contribution in [0.1, 0.15) is 15.9 Å². The van der Waals surface area contributed by atoms with Gasteiger partial charge in [0, 0.05) is 23.2 Å². The zero-order valence-corrected chi connectivity index (χ0v) is 18.4. The van der Waals surface area contributed by atoms with E-state index in [1.807, 2.05) is 48.5 Å². The van der Waals surface area contributed by atoms with Crippen LogP contribution < -0.4 is 10.1 Å². The second-order valence-electron chi connectivity index (χ2n) is 7.22. The Kier molecular flexibility index (Phi) is 6.23. The number of aromatic amines is 1. The first-order valence-corrected chi connectivity index (χ1v) is 11.3. The Morgan fingerprint density at radius 3 is 2.42 bits per heavy atom. The summed E-state index contributed by atoms with van der Waals surface area (Å²) in [7, 11) is -3.17. The minimum atomic E-state index is -4.79. The number of carbonyl (C=O) groups excluding carboxylic acids is 1. The number of amides is 1. The Hall–Kier alpha value is -3.98. The van der Waals surface area contributed by atoms with Gasteiger partial charge >= 0.3 is 10.2 Å². The van der Waals surface area contributed by atoms with E-state index in [1.165, 1.54) is 12.1 Å². The number of halogens is 1. The van der Waals surface area contributed by atoms with E-state index in [9.17, 15) is 17.1 Å². The third-order valence-electron chi connectivity index (χ3n) is 5.04. The van der Waals surface area contributed by atoms with Crippen molar-refractivity contribution in [1.29, 1.82) is 0 Å². The molecular formula is C24H20FN3O4S. The number of imidazole rings is 1. The fourth-order valence-corrected chi connectivity index (χ4v) is 3.70. The van der Waals surface area contributed by atoms with Gasteiger partial charge in [0.05, 0.1) is 23.9 Å². The van der Waals surface area contributed by atoms with E-state index < -0.39 is 21.0 Å². The lowest BCUT2D eigenvalue weighted by Crippen LogP contribution is -2.22. The van der Waals surface area contributed by atoms with Crippen molar-refractivity contribution in [2.45, 2.75) is 11.4 Å². The first-order chi connectivity index (χ1) is 15.8. The van der Waals surface area contributed by atoms with Gasteiger partial charge in [-0.15, -0.1) is 3.89 Å². The molecule has 168 valence electrons. The Morgan fingerprint density at radius 2 is 1.76 bits per heavy atom. The molecule has 7 nitrogen and oxygen atoms in total. The molecule has 0 unspecified atom stereocenters. The highest BCUT2D eigenvalue weighted by atomic mass is 32.3. The van der Waals surface area contributed by atoms with Crippen molar-refractivity contribution < 1.29 is 21.8 Å². The second kappa shape index (κ2) is 9.25. The van der Waals surface area contributed by atoms with Gasteiger partial charge in [-0.3, -0.25) is 4.79 Å². The van der Waals surface area contributed by atoms with Gasteiger partial charge in [0.25, 0.3) is 5.91 Å². The molecule has 0 aliphatic rings.